The standard InChI is InChI=1S/C22H19N.H2O/c1-2-14-22(16-17-9-7-8-15-23-17)20-12-5-3-10-18(20)19-11-4-6-13-21(19)22;/h2-13,15H,1,14,16H2;1H2. The average molecular weight is 315 g/mol. The number of benzene rings is 2. The van der Waals surface area contributed by atoms with Crippen molar-refractivity contribution in [2.24, 2.45) is 0 Å². The number of hydrogen-bond donors (Lipinski definition) is 0. The first-order valence-electron chi connectivity index (χ1n) is 8.05. The molecule has 1 aromatic heterocycles. The Balaban J connectivity index is 0.00000169. The van der Waals surface area contributed by atoms with Crippen LogP contribution in [0.25, 0.3) is 11.1 Å². The van der Waals surface area contributed by atoms with Gasteiger partial charge in [-0.3, -0.25) is 4.98 Å². The van der Waals surface area contributed by atoms with Gasteiger partial charge in [-0.2, -0.15) is 0 Å². The summed E-state index contributed by atoms with van der Waals surface area (Å²) in [4.78, 5) is 4.58. The molecule has 0 fully saturated rings. The lowest BCUT2D eigenvalue weighted by Gasteiger charge is -2.31. The highest BCUT2D eigenvalue weighted by molar-refractivity contribution is 5.81. The minimum absolute atomic E-state index is 0. The molecule has 2 nitrogen and oxygen atoms in total. The van der Waals surface area contributed by atoms with Crippen LogP contribution in [0.1, 0.15) is 23.2 Å². The summed E-state index contributed by atoms with van der Waals surface area (Å²) in [6.45, 7) is 4.04. The highest BCUT2D eigenvalue weighted by atomic mass is 16.0. The van der Waals surface area contributed by atoms with Gasteiger partial charge in [0.25, 0.3) is 0 Å². The molecular weight excluding hydrogens is 294 g/mol. The molecule has 1 aliphatic carbocycles. The molecule has 0 saturated heterocycles. The molecule has 0 radical (unpaired) electrons. The molecule has 2 N–H and O–H groups in total. The summed E-state index contributed by atoms with van der Waals surface area (Å²) in [5.74, 6) is 0. The van der Waals surface area contributed by atoms with E-state index in [9.17, 15) is 0 Å². The SMILES string of the molecule is C=CCC1(Cc2ccccn2)c2ccccc2-c2ccccc21.O. The number of hydrogen-bond acceptors (Lipinski definition) is 1. The maximum atomic E-state index is 4.58. The van der Waals surface area contributed by atoms with Gasteiger partial charge in [-0.05, 0) is 40.8 Å². The number of aromatic nitrogens is 1. The third kappa shape index (κ3) is 2.36. The molecule has 0 amide bonds. The minimum atomic E-state index is -0.0662. The van der Waals surface area contributed by atoms with E-state index in [1.165, 1.54) is 22.3 Å². The molecule has 0 spiro atoms. The third-order valence-corrected chi connectivity index (χ3v) is 4.88. The molecule has 24 heavy (non-hydrogen) atoms. The van der Waals surface area contributed by atoms with Crippen LogP contribution in [0.2, 0.25) is 0 Å². The van der Waals surface area contributed by atoms with Gasteiger partial charge >= 0.3 is 0 Å². The van der Waals surface area contributed by atoms with E-state index >= 15 is 0 Å². The van der Waals surface area contributed by atoms with E-state index in [0.29, 0.717) is 0 Å². The lowest BCUT2D eigenvalue weighted by molar-refractivity contribution is 0.524. The van der Waals surface area contributed by atoms with Crippen LogP contribution in [0.5, 0.6) is 0 Å². The second kappa shape index (κ2) is 6.42. The summed E-state index contributed by atoms with van der Waals surface area (Å²) < 4.78 is 0. The lowest BCUT2D eigenvalue weighted by atomic mass is 9.72. The van der Waals surface area contributed by atoms with Crippen molar-refractivity contribution in [1.29, 1.82) is 0 Å². The Morgan fingerprint density at radius 1 is 0.833 bits per heavy atom. The number of pyridine rings is 1. The van der Waals surface area contributed by atoms with Crippen LogP contribution in [0.4, 0.5) is 0 Å². The largest absolute Gasteiger partial charge is 0.412 e. The zero-order valence-corrected chi connectivity index (χ0v) is 13.6. The van der Waals surface area contributed by atoms with Gasteiger partial charge in [0.2, 0.25) is 0 Å². The van der Waals surface area contributed by atoms with Crippen molar-refractivity contribution in [3.63, 3.8) is 0 Å². The summed E-state index contributed by atoms with van der Waals surface area (Å²) in [5.41, 5.74) is 6.55. The zero-order valence-electron chi connectivity index (χ0n) is 13.6. The van der Waals surface area contributed by atoms with Gasteiger partial charge in [0.15, 0.2) is 0 Å². The molecule has 0 atom stereocenters. The van der Waals surface area contributed by atoms with E-state index in [0.717, 1.165) is 18.5 Å². The molecule has 0 unspecified atom stereocenters. The molecule has 120 valence electrons. The molecule has 0 bridgehead atoms. The van der Waals surface area contributed by atoms with Crippen molar-refractivity contribution in [1.82, 2.24) is 4.98 Å². The Morgan fingerprint density at radius 2 is 1.42 bits per heavy atom. The Kier molecular flexibility index (Phi) is 4.32. The van der Waals surface area contributed by atoms with Crippen LogP contribution in [0.15, 0.2) is 85.6 Å². The predicted octanol–water partition coefficient (Wildman–Crippen LogP) is 4.34. The summed E-state index contributed by atoms with van der Waals surface area (Å²) in [6, 6.07) is 23.7. The number of rotatable bonds is 4. The van der Waals surface area contributed by atoms with E-state index in [2.05, 4.69) is 72.2 Å². The second-order valence-corrected chi connectivity index (χ2v) is 6.16. The summed E-state index contributed by atoms with van der Waals surface area (Å²) >= 11 is 0. The van der Waals surface area contributed by atoms with E-state index in [4.69, 9.17) is 0 Å². The van der Waals surface area contributed by atoms with Crippen molar-refractivity contribution in [2.45, 2.75) is 18.3 Å². The van der Waals surface area contributed by atoms with Gasteiger partial charge in [-0.25, -0.2) is 0 Å². The fraction of sp³-hybridized carbons (Fsp3) is 0.136. The van der Waals surface area contributed by atoms with Crippen molar-refractivity contribution < 1.29 is 5.48 Å². The average Bonchev–Trinajstić information content (AvgIpc) is 2.88. The van der Waals surface area contributed by atoms with Crippen molar-refractivity contribution >= 4 is 0 Å². The van der Waals surface area contributed by atoms with Crippen LogP contribution in [-0.2, 0) is 11.8 Å². The van der Waals surface area contributed by atoms with Gasteiger partial charge in [-0.15, -0.1) is 6.58 Å². The number of allylic oxidation sites excluding steroid dienone is 1. The van der Waals surface area contributed by atoms with E-state index in [1.807, 2.05) is 18.3 Å². The highest BCUT2D eigenvalue weighted by Gasteiger charge is 2.42. The van der Waals surface area contributed by atoms with Gasteiger partial charge in [-0.1, -0.05) is 60.7 Å². The Morgan fingerprint density at radius 3 is 1.96 bits per heavy atom. The van der Waals surface area contributed by atoms with Crippen LogP contribution >= 0.6 is 0 Å². The maximum Gasteiger partial charge on any atom is 0.0415 e. The molecule has 3 aromatic rings. The fourth-order valence-electron chi connectivity index (χ4n) is 3.96. The molecule has 0 saturated carbocycles. The Hall–Kier alpha value is -2.71. The molecular formula is C22H21NO. The highest BCUT2D eigenvalue weighted by Crippen LogP contribution is 2.52. The summed E-state index contributed by atoms with van der Waals surface area (Å²) in [5, 5.41) is 0. The van der Waals surface area contributed by atoms with Crippen LogP contribution < -0.4 is 0 Å². The van der Waals surface area contributed by atoms with Crippen LogP contribution in [-0.4, -0.2) is 10.5 Å². The maximum absolute atomic E-state index is 4.58. The molecule has 1 heterocycles. The molecule has 1 aliphatic rings. The first kappa shape index (κ1) is 16.2. The van der Waals surface area contributed by atoms with Crippen molar-refractivity contribution in [2.75, 3.05) is 0 Å². The van der Waals surface area contributed by atoms with Gasteiger partial charge in [0, 0.05) is 23.7 Å². The minimum Gasteiger partial charge on any atom is -0.412 e. The van der Waals surface area contributed by atoms with Gasteiger partial charge in [0.05, 0.1) is 0 Å². The molecule has 4 rings (SSSR count). The second-order valence-electron chi connectivity index (χ2n) is 6.16. The van der Waals surface area contributed by atoms with E-state index in [-0.39, 0.29) is 10.9 Å². The first-order chi connectivity index (χ1) is 11.3. The lowest BCUT2D eigenvalue weighted by Crippen LogP contribution is -2.28. The predicted molar refractivity (Wildman–Crippen MR) is 99.0 cm³/mol. The number of nitrogens with zero attached hydrogens (tertiary/aromatic N) is 1. The number of fused-ring (bicyclic) bond motifs is 3. The fourth-order valence-corrected chi connectivity index (χ4v) is 3.96. The van der Waals surface area contributed by atoms with Crippen LogP contribution in [0, 0.1) is 0 Å². The van der Waals surface area contributed by atoms with E-state index < -0.39 is 0 Å². The van der Waals surface area contributed by atoms with Crippen molar-refractivity contribution in [3.05, 3.63) is 102 Å². The third-order valence-electron chi connectivity index (χ3n) is 4.88. The summed E-state index contributed by atoms with van der Waals surface area (Å²) in [6.07, 6.45) is 5.73. The zero-order chi connectivity index (χ0) is 15.7. The molecule has 2 aromatic carbocycles. The first-order valence-corrected chi connectivity index (χ1v) is 8.05. The summed E-state index contributed by atoms with van der Waals surface area (Å²) in [7, 11) is 0. The monoisotopic (exact) mass is 315 g/mol. The Labute approximate surface area is 142 Å². The van der Waals surface area contributed by atoms with Crippen LogP contribution in [0.3, 0.4) is 0 Å². The Bertz CT molecular complexity index is 809. The van der Waals surface area contributed by atoms with Crippen molar-refractivity contribution in [3.8, 4) is 11.1 Å². The topological polar surface area (TPSA) is 44.4 Å². The quantitative estimate of drug-likeness (QED) is 0.660. The molecule has 2 heteroatoms. The normalized spacial score (nSPS) is 13.5. The van der Waals surface area contributed by atoms with Gasteiger partial charge in [0.1, 0.15) is 0 Å². The smallest absolute Gasteiger partial charge is 0.0415 e. The van der Waals surface area contributed by atoms with E-state index in [1.54, 1.807) is 0 Å². The van der Waals surface area contributed by atoms with Gasteiger partial charge < -0.3 is 5.48 Å². The molecule has 0 aliphatic heterocycles.